The van der Waals surface area contributed by atoms with E-state index < -0.39 is 11.5 Å². The van der Waals surface area contributed by atoms with E-state index in [4.69, 9.17) is 14.6 Å². The van der Waals surface area contributed by atoms with E-state index in [0.717, 1.165) is 17.1 Å². The molecule has 0 aromatic heterocycles. The molecule has 5 heteroatoms. The van der Waals surface area contributed by atoms with Crippen molar-refractivity contribution in [1.29, 1.82) is 0 Å². The molecule has 1 aliphatic rings. The Balaban J connectivity index is 1.96. The summed E-state index contributed by atoms with van der Waals surface area (Å²) in [6.45, 7) is 4.59. The van der Waals surface area contributed by atoms with E-state index in [0.29, 0.717) is 6.54 Å². The van der Waals surface area contributed by atoms with Crippen molar-refractivity contribution in [3.05, 3.63) is 23.8 Å². The number of carboxylic acids is 1. The predicted octanol–water partition coefficient (Wildman–Crippen LogP) is 1.76. The molecule has 0 saturated carbocycles. The second-order valence-electron chi connectivity index (χ2n) is 5.00. The van der Waals surface area contributed by atoms with Crippen LogP contribution in [0.5, 0.6) is 11.5 Å². The van der Waals surface area contributed by atoms with Gasteiger partial charge in [0.2, 0.25) is 6.79 Å². The van der Waals surface area contributed by atoms with Gasteiger partial charge in [0.05, 0.1) is 6.42 Å². The molecule has 0 fully saturated rings. The van der Waals surface area contributed by atoms with E-state index in [2.05, 4.69) is 5.32 Å². The first-order valence-corrected chi connectivity index (χ1v) is 5.82. The summed E-state index contributed by atoms with van der Waals surface area (Å²) in [5.74, 6) is 0.687. The molecule has 2 rings (SSSR count). The summed E-state index contributed by atoms with van der Waals surface area (Å²) in [6.07, 6.45) is 0.0809. The molecule has 0 atom stereocenters. The van der Waals surface area contributed by atoms with Gasteiger partial charge in [0.25, 0.3) is 0 Å². The number of hydrogen-bond donors (Lipinski definition) is 2. The minimum absolute atomic E-state index is 0.0809. The number of hydrogen-bond acceptors (Lipinski definition) is 4. The normalized spacial score (nSPS) is 13.7. The smallest absolute Gasteiger partial charge is 0.305 e. The molecule has 0 amide bonds. The van der Waals surface area contributed by atoms with Crippen molar-refractivity contribution < 1.29 is 19.4 Å². The maximum Gasteiger partial charge on any atom is 0.305 e. The van der Waals surface area contributed by atoms with Crippen LogP contribution in [-0.4, -0.2) is 23.4 Å². The van der Waals surface area contributed by atoms with Crippen molar-refractivity contribution in [3.8, 4) is 11.5 Å². The van der Waals surface area contributed by atoms with Crippen LogP contribution < -0.4 is 14.8 Å². The summed E-state index contributed by atoms with van der Waals surface area (Å²) in [5.41, 5.74) is 0.597. The van der Waals surface area contributed by atoms with E-state index in [1.54, 1.807) is 0 Å². The highest BCUT2D eigenvalue weighted by molar-refractivity contribution is 5.68. The van der Waals surface area contributed by atoms with Crippen LogP contribution in [0.3, 0.4) is 0 Å². The number of nitrogens with one attached hydrogen (secondary N) is 1. The van der Waals surface area contributed by atoms with Crippen LogP contribution in [0, 0.1) is 0 Å². The average molecular weight is 251 g/mol. The molecule has 18 heavy (non-hydrogen) atoms. The second-order valence-corrected chi connectivity index (χ2v) is 5.00. The number of fused-ring (bicyclic) bond motifs is 1. The third-order valence-electron chi connectivity index (χ3n) is 2.80. The molecule has 1 aliphatic heterocycles. The van der Waals surface area contributed by atoms with Gasteiger partial charge in [-0.15, -0.1) is 0 Å². The maximum absolute atomic E-state index is 10.7. The monoisotopic (exact) mass is 251 g/mol. The molecule has 1 aromatic carbocycles. The Bertz CT molecular complexity index is 456. The molecule has 98 valence electrons. The minimum Gasteiger partial charge on any atom is -0.481 e. The van der Waals surface area contributed by atoms with E-state index in [1.807, 2.05) is 32.0 Å². The second kappa shape index (κ2) is 4.86. The predicted molar refractivity (Wildman–Crippen MR) is 65.7 cm³/mol. The topological polar surface area (TPSA) is 67.8 Å². The molecule has 0 radical (unpaired) electrons. The quantitative estimate of drug-likeness (QED) is 0.834. The van der Waals surface area contributed by atoms with Crippen LogP contribution in [0.2, 0.25) is 0 Å². The Kier molecular flexibility index (Phi) is 3.43. The largest absolute Gasteiger partial charge is 0.481 e. The molecular formula is C13H17NO4. The van der Waals surface area contributed by atoms with E-state index in [9.17, 15) is 4.79 Å². The van der Waals surface area contributed by atoms with Crippen molar-refractivity contribution >= 4 is 5.97 Å². The van der Waals surface area contributed by atoms with Gasteiger partial charge in [-0.25, -0.2) is 0 Å². The Hall–Kier alpha value is -1.75. The lowest BCUT2D eigenvalue weighted by Crippen LogP contribution is -2.40. The fourth-order valence-corrected chi connectivity index (χ4v) is 1.83. The highest BCUT2D eigenvalue weighted by Gasteiger charge is 2.21. The molecule has 0 spiro atoms. The highest BCUT2D eigenvalue weighted by atomic mass is 16.7. The molecule has 1 aromatic rings. The summed E-state index contributed by atoms with van der Waals surface area (Å²) in [5, 5.41) is 12.0. The maximum atomic E-state index is 10.7. The number of aliphatic carboxylic acids is 1. The van der Waals surface area contributed by atoms with Crippen molar-refractivity contribution in [1.82, 2.24) is 5.32 Å². The average Bonchev–Trinajstić information content (AvgIpc) is 2.71. The molecule has 1 heterocycles. The SMILES string of the molecule is CC(C)(CC(=O)O)NCc1ccc2c(c1)OCO2. The van der Waals surface area contributed by atoms with E-state index >= 15 is 0 Å². The zero-order chi connectivity index (χ0) is 13.2. The van der Waals surface area contributed by atoms with Gasteiger partial charge in [0, 0.05) is 12.1 Å². The lowest BCUT2D eigenvalue weighted by Gasteiger charge is -2.24. The van der Waals surface area contributed by atoms with Gasteiger partial charge < -0.3 is 19.9 Å². The van der Waals surface area contributed by atoms with Gasteiger partial charge in [0.15, 0.2) is 11.5 Å². The lowest BCUT2D eigenvalue weighted by molar-refractivity contribution is -0.138. The van der Waals surface area contributed by atoms with Gasteiger partial charge in [-0.05, 0) is 31.5 Å². The molecule has 2 N–H and O–H groups in total. The minimum atomic E-state index is -0.807. The molecule has 0 bridgehead atoms. The summed E-state index contributed by atoms with van der Waals surface area (Å²) in [6, 6.07) is 5.72. The number of carboxylic acid groups (broad SMARTS) is 1. The van der Waals surface area contributed by atoms with Crippen LogP contribution in [0.1, 0.15) is 25.8 Å². The first-order chi connectivity index (χ1) is 8.46. The lowest BCUT2D eigenvalue weighted by atomic mass is 10.0. The zero-order valence-electron chi connectivity index (χ0n) is 10.5. The first-order valence-electron chi connectivity index (χ1n) is 5.82. The summed E-state index contributed by atoms with van der Waals surface area (Å²) < 4.78 is 10.5. The van der Waals surface area contributed by atoms with Gasteiger partial charge >= 0.3 is 5.97 Å². The number of rotatable bonds is 5. The third kappa shape index (κ3) is 3.13. The Morgan fingerprint density at radius 3 is 2.83 bits per heavy atom. The van der Waals surface area contributed by atoms with E-state index in [1.165, 1.54) is 0 Å². The van der Waals surface area contributed by atoms with Crippen molar-refractivity contribution in [2.45, 2.75) is 32.4 Å². The fourth-order valence-electron chi connectivity index (χ4n) is 1.83. The highest BCUT2D eigenvalue weighted by Crippen LogP contribution is 2.32. The molecule has 0 saturated heterocycles. The van der Waals surface area contributed by atoms with Gasteiger partial charge in [-0.2, -0.15) is 0 Å². The van der Waals surface area contributed by atoms with Crippen molar-refractivity contribution in [2.75, 3.05) is 6.79 Å². The molecular weight excluding hydrogens is 234 g/mol. The fraction of sp³-hybridized carbons (Fsp3) is 0.462. The standard InChI is InChI=1S/C13H17NO4/c1-13(2,6-12(15)16)14-7-9-3-4-10-11(5-9)18-8-17-10/h3-5,14H,6-8H2,1-2H3,(H,15,16). The van der Waals surface area contributed by atoms with Crippen LogP contribution in [0.15, 0.2) is 18.2 Å². The van der Waals surface area contributed by atoms with Crippen LogP contribution in [-0.2, 0) is 11.3 Å². The van der Waals surface area contributed by atoms with Crippen LogP contribution >= 0.6 is 0 Å². The van der Waals surface area contributed by atoms with Crippen LogP contribution in [0.4, 0.5) is 0 Å². The van der Waals surface area contributed by atoms with Gasteiger partial charge in [0.1, 0.15) is 0 Å². The summed E-state index contributed by atoms with van der Waals surface area (Å²) in [4.78, 5) is 10.7. The number of benzene rings is 1. The van der Waals surface area contributed by atoms with Crippen LogP contribution in [0.25, 0.3) is 0 Å². The van der Waals surface area contributed by atoms with Gasteiger partial charge in [-0.1, -0.05) is 6.07 Å². The van der Waals surface area contributed by atoms with Gasteiger partial charge in [-0.3, -0.25) is 4.79 Å². The Morgan fingerprint density at radius 1 is 1.39 bits per heavy atom. The van der Waals surface area contributed by atoms with Crippen molar-refractivity contribution in [3.63, 3.8) is 0 Å². The summed E-state index contributed by atoms with van der Waals surface area (Å²) in [7, 11) is 0. The first kappa shape index (κ1) is 12.7. The Labute approximate surface area is 106 Å². The summed E-state index contributed by atoms with van der Waals surface area (Å²) >= 11 is 0. The zero-order valence-corrected chi connectivity index (χ0v) is 10.5. The third-order valence-corrected chi connectivity index (χ3v) is 2.80. The van der Waals surface area contributed by atoms with E-state index in [-0.39, 0.29) is 13.2 Å². The molecule has 0 aliphatic carbocycles. The molecule has 0 unspecified atom stereocenters. The van der Waals surface area contributed by atoms with Crippen molar-refractivity contribution in [2.24, 2.45) is 0 Å². The molecule has 5 nitrogen and oxygen atoms in total. The number of ether oxygens (including phenoxy) is 2. The number of carbonyl (C=O) groups is 1. The Morgan fingerprint density at radius 2 is 2.11 bits per heavy atom.